The Balaban J connectivity index is 2.58. The molecule has 1 unspecified atom stereocenters. The SMILES string of the molecule is CC(C)NCCC(C)(O)Cc1ccc(F)cc1F. The van der Waals surface area contributed by atoms with Crippen molar-refractivity contribution in [3.05, 3.63) is 35.4 Å². The first-order valence-electron chi connectivity index (χ1n) is 6.20. The molecule has 0 saturated carbocycles. The van der Waals surface area contributed by atoms with Crippen LogP contribution < -0.4 is 5.32 Å². The lowest BCUT2D eigenvalue weighted by Crippen LogP contribution is -2.34. The zero-order chi connectivity index (χ0) is 13.8. The van der Waals surface area contributed by atoms with Crippen LogP contribution in [-0.2, 0) is 6.42 Å². The first-order valence-corrected chi connectivity index (χ1v) is 6.20. The summed E-state index contributed by atoms with van der Waals surface area (Å²) >= 11 is 0. The second kappa shape index (κ2) is 6.25. The van der Waals surface area contributed by atoms with Crippen LogP contribution in [0.5, 0.6) is 0 Å². The van der Waals surface area contributed by atoms with Crippen molar-refractivity contribution < 1.29 is 13.9 Å². The Morgan fingerprint density at radius 3 is 2.56 bits per heavy atom. The first kappa shape index (κ1) is 15.1. The number of rotatable bonds is 6. The fraction of sp³-hybridized carbons (Fsp3) is 0.571. The van der Waals surface area contributed by atoms with E-state index >= 15 is 0 Å². The summed E-state index contributed by atoms with van der Waals surface area (Å²) in [6, 6.07) is 3.79. The third-order valence-corrected chi connectivity index (χ3v) is 2.80. The van der Waals surface area contributed by atoms with Gasteiger partial charge in [-0.1, -0.05) is 19.9 Å². The van der Waals surface area contributed by atoms with Crippen LogP contribution in [0.3, 0.4) is 0 Å². The van der Waals surface area contributed by atoms with Crippen molar-refractivity contribution in [1.82, 2.24) is 5.32 Å². The lowest BCUT2D eigenvalue weighted by molar-refractivity contribution is 0.0502. The van der Waals surface area contributed by atoms with E-state index in [1.807, 2.05) is 13.8 Å². The molecule has 0 fully saturated rings. The maximum absolute atomic E-state index is 13.5. The Kier molecular flexibility index (Phi) is 5.23. The van der Waals surface area contributed by atoms with Gasteiger partial charge in [0.2, 0.25) is 0 Å². The predicted molar refractivity (Wildman–Crippen MR) is 68.4 cm³/mol. The van der Waals surface area contributed by atoms with E-state index in [0.717, 1.165) is 6.07 Å². The number of aliphatic hydroxyl groups is 1. The summed E-state index contributed by atoms with van der Waals surface area (Å²) in [5.41, 5.74) is -0.661. The first-order chi connectivity index (χ1) is 8.30. The maximum atomic E-state index is 13.5. The number of nitrogens with one attached hydrogen (secondary N) is 1. The molecule has 0 spiro atoms. The van der Waals surface area contributed by atoms with Crippen LogP contribution in [-0.4, -0.2) is 23.3 Å². The van der Waals surface area contributed by atoms with E-state index < -0.39 is 17.2 Å². The summed E-state index contributed by atoms with van der Waals surface area (Å²) in [6.45, 7) is 6.37. The van der Waals surface area contributed by atoms with E-state index in [1.165, 1.54) is 12.1 Å². The van der Waals surface area contributed by atoms with Gasteiger partial charge >= 0.3 is 0 Å². The highest BCUT2D eigenvalue weighted by Crippen LogP contribution is 2.19. The molecule has 18 heavy (non-hydrogen) atoms. The Morgan fingerprint density at radius 2 is 2.00 bits per heavy atom. The minimum atomic E-state index is -0.999. The molecule has 1 rings (SSSR count). The maximum Gasteiger partial charge on any atom is 0.129 e. The summed E-state index contributed by atoms with van der Waals surface area (Å²) in [5.74, 6) is -1.20. The van der Waals surface area contributed by atoms with Crippen LogP contribution in [0.4, 0.5) is 8.78 Å². The van der Waals surface area contributed by atoms with Crippen LogP contribution >= 0.6 is 0 Å². The van der Waals surface area contributed by atoms with Gasteiger partial charge in [-0.05, 0) is 31.5 Å². The van der Waals surface area contributed by atoms with Crippen molar-refractivity contribution in [2.24, 2.45) is 0 Å². The van der Waals surface area contributed by atoms with Crippen molar-refractivity contribution in [3.8, 4) is 0 Å². The standard InChI is InChI=1S/C14H21F2NO/c1-10(2)17-7-6-14(3,18)9-11-4-5-12(15)8-13(11)16/h4-5,8,10,17-18H,6-7,9H2,1-3H3. The van der Waals surface area contributed by atoms with E-state index in [-0.39, 0.29) is 6.42 Å². The molecule has 1 aromatic carbocycles. The molecule has 0 radical (unpaired) electrons. The minimum Gasteiger partial charge on any atom is -0.390 e. The van der Waals surface area contributed by atoms with Crippen molar-refractivity contribution in [2.45, 2.75) is 45.3 Å². The van der Waals surface area contributed by atoms with Crippen LogP contribution in [0.15, 0.2) is 18.2 Å². The van der Waals surface area contributed by atoms with Gasteiger partial charge < -0.3 is 10.4 Å². The number of hydrogen-bond acceptors (Lipinski definition) is 2. The Hall–Kier alpha value is -1.00. The zero-order valence-electron chi connectivity index (χ0n) is 11.1. The summed E-state index contributed by atoms with van der Waals surface area (Å²) < 4.78 is 26.2. The Morgan fingerprint density at radius 1 is 1.33 bits per heavy atom. The molecule has 2 N–H and O–H groups in total. The lowest BCUT2D eigenvalue weighted by atomic mass is 9.93. The van der Waals surface area contributed by atoms with E-state index in [4.69, 9.17) is 0 Å². The summed E-state index contributed by atoms with van der Waals surface area (Å²) in [4.78, 5) is 0. The van der Waals surface area contributed by atoms with Gasteiger partial charge in [-0.2, -0.15) is 0 Å². The highest BCUT2D eigenvalue weighted by molar-refractivity contribution is 5.20. The van der Waals surface area contributed by atoms with Gasteiger partial charge in [0.15, 0.2) is 0 Å². The van der Waals surface area contributed by atoms with Gasteiger partial charge in [0.05, 0.1) is 5.60 Å². The van der Waals surface area contributed by atoms with Crippen molar-refractivity contribution in [2.75, 3.05) is 6.54 Å². The van der Waals surface area contributed by atoms with Gasteiger partial charge in [0.25, 0.3) is 0 Å². The fourth-order valence-electron chi connectivity index (χ4n) is 1.79. The molecule has 4 heteroatoms. The molecule has 0 aromatic heterocycles. The molecule has 0 amide bonds. The third kappa shape index (κ3) is 5.10. The lowest BCUT2D eigenvalue weighted by Gasteiger charge is -2.24. The molecule has 1 atom stereocenters. The Labute approximate surface area is 107 Å². The van der Waals surface area contributed by atoms with Crippen LogP contribution in [0.1, 0.15) is 32.8 Å². The van der Waals surface area contributed by atoms with E-state index in [2.05, 4.69) is 5.32 Å². The molecule has 0 aliphatic rings. The molecule has 1 aromatic rings. The topological polar surface area (TPSA) is 32.3 Å². The zero-order valence-corrected chi connectivity index (χ0v) is 11.1. The highest BCUT2D eigenvalue weighted by atomic mass is 19.1. The van der Waals surface area contributed by atoms with Gasteiger partial charge in [0, 0.05) is 18.5 Å². The average Bonchev–Trinajstić information content (AvgIpc) is 2.21. The van der Waals surface area contributed by atoms with E-state index in [0.29, 0.717) is 24.6 Å². The summed E-state index contributed by atoms with van der Waals surface area (Å²) in [5, 5.41) is 13.4. The summed E-state index contributed by atoms with van der Waals surface area (Å²) in [6.07, 6.45) is 0.695. The molecule has 2 nitrogen and oxygen atoms in total. The molecule has 0 aliphatic carbocycles. The van der Waals surface area contributed by atoms with Crippen LogP contribution in [0.25, 0.3) is 0 Å². The van der Waals surface area contributed by atoms with Crippen LogP contribution in [0, 0.1) is 11.6 Å². The Bertz CT molecular complexity index is 391. The van der Waals surface area contributed by atoms with Crippen molar-refractivity contribution in [1.29, 1.82) is 0 Å². The fourth-order valence-corrected chi connectivity index (χ4v) is 1.79. The predicted octanol–water partition coefficient (Wildman–Crippen LogP) is 2.65. The molecular weight excluding hydrogens is 236 g/mol. The minimum absolute atomic E-state index is 0.179. The van der Waals surface area contributed by atoms with Crippen molar-refractivity contribution >= 4 is 0 Å². The molecule has 0 saturated heterocycles. The van der Waals surface area contributed by atoms with Gasteiger partial charge in [0.1, 0.15) is 11.6 Å². The number of hydrogen-bond donors (Lipinski definition) is 2. The van der Waals surface area contributed by atoms with E-state index in [9.17, 15) is 13.9 Å². The van der Waals surface area contributed by atoms with Crippen molar-refractivity contribution in [3.63, 3.8) is 0 Å². The van der Waals surface area contributed by atoms with Gasteiger partial charge in [-0.25, -0.2) is 8.78 Å². The number of halogens is 2. The smallest absolute Gasteiger partial charge is 0.129 e. The van der Waals surface area contributed by atoms with Gasteiger partial charge in [-0.15, -0.1) is 0 Å². The molecule has 0 aliphatic heterocycles. The quantitative estimate of drug-likeness (QED) is 0.821. The second-order valence-electron chi connectivity index (χ2n) is 5.27. The highest BCUT2D eigenvalue weighted by Gasteiger charge is 2.22. The molecular formula is C14H21F2NO. The monoisotopic (exact) mass is 257 g/mol. The van der Waals surface area contributed by atoms with E-state index in [1.54, 1.807) is 6.92 Å². The molecule has 0 bridgehead atoms. The van der Waals surface area contributed by atoms with Gasteiger partial charge in [-0.3, -0.25) is 0 Å². The summed E-state index contributed by atoms with van der Waals surface area (Å²) in [7, 11) is 0. The third-order valence-electron chi connectivity index (χ3n) is 2.80. The molecule has 0 heterocycles. The number of benzene rings is 1. The average molecular weight is 257 g/mol. The van der Waals surface area contributed by atoms with Crippen LogP contribution in [0.2, 0.25) is 0 Å². The largest absolute Gasteiger partial charge is 0.390 e. The second-order valence-corrected chi connectivity index (χ2v) is 5.27. The molecule has 102 valence electrons. The normalized spacial score (nSPS) is 14.8.